The molecule has 7 heteroatoms. The molecule has 0 aliphatic carbocycles. The summed E-state index contributed by atoms with van der Waals surface area (Å²) in [4.78, 5) is 0. The lowest BCUT2D eigenvalue weighted by Crippen LogP contribution is -2.25. The van der Waals surface area contributed by atoms with Crippen LogP contribution in [0.25, 0.3) is 5.65 Å². The summed E-state index contributed by atoms with van der Waals surface area (Å²) >= 11 is 5.88. The molecule has 0 radical (unpaired) electrons. The van der Waals surface area contributed by atoms with E-state index < -0.39 is 9.84 Å². The third-order valence-corrected chi connectivity index (χ3v) is 5.28. The highest BCUT2D eigenvalue weighted by Gasteiger charge is 2.29. The van der Waals surface area contributed by atoms with Crippen molar-refractivity contribution in [3.63, 3.8) is 0 Å². The number of halogens is 1. The van der Waals surface area contributed by atoms with E-state index in [0.29, 0.717) is 22.9 Å². The van der Waals surface area contributed by atoms with Crippen LogP contribution in [0.15, 0.2) is 18.3 Å². The molecule has 18 heavy (non-hydrogen) atoms. The van der Waals surface area contributed by atoms with Gasteiger partial charge in [0.1, 0.15) is 5.82 Å². The van der Waals surface area contributed by atoms with Gasteiger partial charge in [-0.3, -0.25) is 4.40 Å². The quantitative estimate of drug-likeness (QED) is 0.799. The van der Waals surface area contributed by atoms with E-state index in [4.69, 9.17) is 11.6 Å². The van der Waals surface area contributed by atoms with Crippen LogP contribution in [-0.4, -0.2) is 34.5 Å². The monoisotopic (exact) mass is 285 g/mol. The summed E-state index contributed by atoms with van der Waals surface area (Å²) in [5.41, 5.74) is 0.653. The second-order valence-corrected chi connectivity index (χ2v) is 7.25. The molecule has 0 amide bonds. The first kappa shape index (κ1) is 11.9. The van der Waals surface area contributed by atoms with Gasteiger partial charge in [0.05, 0.1) is 11.5 Å². The molecule has 1 atom stereocenters. The van der Waals surface area contributed by atoms with Crippen LogP contribution in [0.2, 0.25) is 5.02 Å². The number of rotatable bonds is 1. The minimum atomic E-state index is -2.94. The van der Waals surface area contributed by atoms with Crippen molar-refractivity contribution in [1.29, 1.82) is 0 Å². The first-order chi connectivity index (χ1) is 8.55. The zero-order valence-corrected chi connectivity index (χ0v) is 11.2. The summed E-state index contributed by atoms with van der Waals surface area (Å²) in [6, 6.07) is 3.47. The van der Waals surface area contributed by atoms with Gasteiger partial charge in [0.2, 0.25) is 0 Å². The normalized spacial score (nSPS) is 23.3. The van der Waals surface area contributed by atoms with E-state index in [2.05, 4.69) is 10.2 Å². The summed E-state index contributed by atoms with van der Waals surface area (Å²) in [6.45, 7) is 0. The van der Waals surface area contributed by atoms with Crippen molar-refractivity contribution in [2.45, 2.75) is 18.8 Å². The van der Waals surface area contributed by atoms with Crippen LogP contribution in [-0.2, 0) is 9.84 Å². The molecule has 1 saturated heterocycles. The van der Waals surface area contributed by atoms with Gasteiger partial charge in [-0.15, -0.1) is 10.2 Å². The third kappa shape index (κ3) is 2.10. The molecule has 5 nitrogen and oxygen atoms in total. The second-order valence-electron chi connectivity index (χ2n) is 4.58. The lowest BCUT2D eigenvalue weighted by atomic mass is 10.1. The van der Waals surface area contributed by atoms with Crippen molar-refractivity contribution < 1.29 is 8.42 Å². The summed E-state index contributed by atoms with van der Waals surface area (Å²) in [5.74, 6) is 1.09. The van der Waals surface area contributed by atoms with Gasteiger partial charge >= 0.3 is 0 Å². The average molecular weight is 286 g/mol. The fourth-order valence-corrected chi connectivity index (χ4v) is 4.25. The van der Waals surface area contributed by atoms with Gasteiger partial charge in [0, 0.05) is 23.2 Å². The van der Waals surface area contributed by atoms with E-state index in [0.717, 1.165) is 6.42 Å². The summed E-state index contributed by atoms with van der Waals surface area (Å²) in [7, 11) is -2.94. The second kappa shape index (κ2) is 4.20. The number of fused-ring (bicyclic) bond motifs is 1. The minimum Gasteiger partial charge on any atom is -0.286 e. The van der Waals surface area contributed by atoms with Crippen molar-refractivity contribution in [3.8, 4) is 0 Å². The van der Waals surface area contributed by atoms with Crippen molar-refractivity contribution in [3.05, 3.63) is 29.2 Å². The lowest BCUT2D eigenvalue weighted by molar-refractivity contribution is 0.541. The summed E-state index contributed by atoms with van der Waals surface area (Å²) in [6.07, 6.45) is 3.31. The van der Waals surface area contributed by atoms with Gasteiger partial charge in [0.15, 0.2) is 15.5 Å². The van der Waals surface area contributed by atoms with E-state index in [1.807, 2.05) is 4.40 Å². The van der Waals surface area contributed by atoms with Crippen molar-refractivity contribution in [1.82, 2.24) is 14.6 Å². The Bertz CT molecular complexity index is 695. The maximum atomic E-state index is 11.7. The van der Waals surface area contributed by atoms with Crippen LogP contribution in [0.4, 0.5) is 0 Å². The Labute approximate surface area is 110 Å². The van der Waals surface area contributed by atoms with Crippen LogP contribution < -0.4 is 0 Å². The van der Waals surface area contributed by atoms with Crippen LogP contribution >= 0.6 is 11.6 Å². The van der Waals surface area contributed by atoms with Gasteiger partial charge in [-0.05, 0) is 18.9 Å². The highest BCUT2D eigenvalue weighted by Crippen LogP contribution is 2.27. The summed E-state index contributed by atoms with van der Waals surface area (Å²) in [5, 5.41) is 8.75. The number of sulfone groups is 1. The van der Waals surface area contributed by atoms with Gasteiger partial charge < -0.3 is 0 Å². The minimum absolute atomic E-state index is 0.0695. The van der Waals surface area contributed by atoms with Crippen LogP contribution in [0.5, 0.6) is 0 Å². The van der Waals surface area contributed by atoms with E-state index in [1.165, 1.54) is 0 Å². The molecule has 2 aromatic heterocycles. The van der Waals surface area contributed by atoms with Gasteiger partial charge in [0.25, 0.3) is 0 Å². The van der Waals surface area contributed by atoms with Gasteiger partial charge in [-0.1, -0.05) is 11.6 Å². The maximum absolute atomic E-state index is 11.7. The Morgan fingerprint density at radius 3 is 3.00 bits per heavy atom. The van der Waals surface area contributed by atoms with Crippen molar-refractivity contribution in [2.75, 3.05) is 11.5 Å². The molecule has 1 aliphatic heterocycles. The zero-order valence-electron chi connectivity index (χ0n) is 9.58. The predicted octanol–water partition coefficient (Wildman–Crippen LogP) is 1.67. The number of pyridine rings is 1. The molecule has 1 unspecified atom stereocenters. The topological polar surface area (TPSA) is 64.3 Å². The Kier molecular flexibility index (Phi) is 2.79. The van der Waals surface area contributed by atoms with E-state index in [1.54, 1.807) is 18.3 Å². The molecule has 0 aromatic carbocycles. The van der Waals surface area contributed by atoms with Crippen molar-refractivity contribution >= 4 is 27.1 Å². The molecule has 0 spiro atoms. The number of hydrogen-bond acceptors (Lipinski definition) is 4. The highest BCUT2D eigenvalue weighted by atomic mass is 35.5. The molecular formula is C11H12ClN3O2S. The lowest BCUT2D eigenvalue weighted by Gasteiger charge is -2.20. The average Bonchev–Trinajstić information content (AvgIpc) is 2.70. The molecule has 0 bridgehead atoms. The van der Waals surface area contributed by atoms with Crippen LogP contribution in [0.3, 0.4) is 0 Å². The molecule has 1 aliphatic rings. The molecule has 0 N–H and O–H groups in total. The first-order valence-electron chi connectivity index (χ1n) is 5.76. The van der Waals surface area contributed by atoms with E-state index in [9.17, 15) is 8.42 Å². The first-order valence-corrected chi connectivity index (χ1v) is 7.96. The third-order valence-electron chi connectivity index (χ3n) is 3.23. The fraction of sp³-hybridized carbons (Fsp3) is 0.455. The fourth-order valence-electron chi connectivity index (χ4n) is 2.39. The largest absolute Gasteiger partial charge is 0.286 e. The van der Waals surface area contributed by atoms with Gasteiger partial charge in [-0.2, -0.15) is 0 Å². The number of nitrogens with zero attached hydrogens (tertiary/aromatic N) is 3. The van der Waals surface area contributed by atoms with Crippen LogP contribution in [0.1, 0.15) is 24.6 Å². The molecule has 3 heterocycles. The van der Waals surface area contributed by atoms with Gasteiger partial charge in [-0.25, -0.2) is 8.42 Å². The Hall–Kier alpha value is -1.14. The molecule has 0 saturated carbocycles. The summed E-state index contributed by atoms with van der Waals surface area (Å²) < 4.78 is 25.2. The van der Waals surface area contributed by atoms with E-state index in [-0.39, 0.29) is 17.4 Å². The van der Waals surface area contributed by atoms with E-state index >= 15 is 0 Å². The highest BCUT2D eigenvalue weighted by molar-refractivity contribution is 7.91. The molecule has 2 aromatic rings. The smallest absolute Gasteiger partial charge is 0.162 e. The Morgan fingerprint density at radius 2 is 2.22 bits per heavy atom. The molecular weight excluding hydrogens is 274 g/mol. The predicted molar refractivity (Wildman–Crippen MR) is 68.6 cm³/mol. The van der Waals surface area contributed by atoms with Crippen molar-refractivity contribution in [2.24, 2.45) is 0 Å². The standard InChI is InChI=1S/C11H12ClN3O2S/c12-9-3-4-15-10(6-9)13-14-11(15)8-2-1-5-18(16,17)7-8/h3-4,6,8H,1-2,5,7H2. The SMILES string of the molecule is O=S1(=O)CCCC(c2nnc3cc(Cl)ccn23)C1. The maximum Gasteiger partial charge on any atom is 0.162 e. The zero-order chi connectivity index (χ0) is 12.8. The molecule has 1 fully saturated rings. The molecule has 3 rings (SSSR count). The Morgan fingerprint density at radius 1 is 1.39 bits per heavy atom. The van der Waals surface area contributed by atoms with Crippen LogP contribution in [0, 0.1) is 0 Å². The number of aromatic nitrogens is 3. The Balaban J connectivity index is 2.04. The number of hydrogen-bond donors (Lipinski definition) is 0. The molecule has 96 valence electrons.